The third-order valence-corrected chi connectivity index (χ3v) is 3.20. The molecule has 90 valence electrons. The second-order valence-electron chi connectivity index (χ2n) is 5.06. The van der Waals surface area contributed by atoms with Gasteiger partial charge in [-0.05, 0) is 19.9 Å². The van der Waals surface area contributed by atoms with Crippen molar-refractivity contribution in [3.63, 3.8) is 0 Å². The predicted molar refractivity (Wildman–Crippen MR) is 65.7 cm³/mol. The number of piperazine rings is 1. The lowest BCUT2D eigenvalue weighted by atomic mass is 10.1. The number of hydrogen-bond donors (Lipinski definition) is 2. The number of H-pyrrole nitrogens is 1. The highest BCUT2D eigenvalue weighted by atomic mass is 15.2. The van der Waals surface area contributed by atoms with Crippen LogP contribution in [0.1, 0.15) is 43.0 Å². The molecule has 1 aromatic rings. The Morgan fingerprint density at radius 1 is 1.44 bits per heavy atom. The zero-order chi connectivity index (χ0) is 11.7. The number of nitrogens with one attached hydrogen (secondary N) is 2. The van der Waals surface area contributed by atoms with Crippen molar-refractivity contribution in [3.05, 3.63) is 17.2 Å². The average molecular weight is 222 g/mol. The highest BCUT2D eigenvalue weighted by Crippen LogP contribution is 2.20. The van der Waals surface area contributed by atoms with Crippen molar-refractivity contribution in [2.75, 3.05) is 26.7 Å². The minimum atomic E-state index is 0.352. The van der Waals surface area contributed by atoms with Gasteiger partial charge in [-0.3, -0.25) is 0 Å². The molecule has 0 saturated carbocycles. The van der Waals surface area contributed by atoms with E-state index in [9.17, 15) is 0 Å². The van der Waals surface area contributed by atoms with E-state index in [1.54, 1.807) is 0 Å². The molecule has 0 aliphatic carbocycles. The SMILES string of the molecule is Cc1[nH]c(C2CN(C)CCN2)nc1C(C)C. The number of aromatic nitrogens is 2. The first kappa shape index (κ1) is 11.6. The van der Waals surface area contributed by atoms with Crippen molar-refractivity contribution < 1.29 is 0 Å². The molecule has 4 nitrogen and oxygen atoms in total. The molecule has 1 aromatic heterocycles. The summed E-state index contributed by atoms with van der Waals surface area (Å²) in [6, 6.07) is 0.352. The Balaban J connectivity index is 2.17. The molecule has 2 rings (SSSR count). The van der Waals surface area contributed by atoms with E-state index in [4.69, 9.17) is 4.98 Å². The fourth-order valence-corrected chi connectivity index (χ4v) is 2.31. The van der Waals surface area contributed by atoms with E-state index >= 15 is 0 Å². The van der Waals surface area contributed by atoms with Gasteiger partial charge in [0.05, 0.1) is 11.7 Å². The molecular weight excluding hydrogens is 200 g/mol. The fourth-order valence-electron chi connectivity index (χ4n) is 2.31. The number of rotatable bonds is 2. The zero-order valence-electron chi connectivity index (χ0n) is 10.7. The second kappa shape index (κ2) is 4.55. The number of aromatic amines is 1. The Kier molecular flexibility index (Phi) is 3.30. The Morgan fingerprint density at radius 2 is 2.19 bits per heavy atom. The molecule has 2 N–H and O–H groups in total. The lowest BCUT2D eigenvalue weighted by molar-refractivity contribution is 0.236. The van der Waals surface area contributed by atoms with Crippen LogP contribution in [-0.2, 0) is 0 Å². The van der Waals surface area contributed by atoms with Gasteiger partial charge in [0.25, 0.3) is 0 Å². The molecule has 0 bridgehead atoms. The average Bonchev–Trinajstić information content (AvgIpc) is 2.60. The van der Waals surface area contributed by atoms with Gasteiger partial charge in [0.15, 0.2) is 0 Å². The Bertz CT molecular complexity index is 356. The summed E-state index contributed by atoms with van der Waals surface area (Å²) in [7, 11) is 2.16. The lowest BCUT2D eigenvalue weighted by Crippen LogP contribution is -2.44. The van der Waals surface area contributed by atoms with Crippen LogP contribution in [0.2, 0.25) is 0 Å². The number of hydrogen-bond acceptors (Lipinski definition) is 3. The summed E-state index contributed by atoms with van der Waals surface area (Å²) in [5, 5.41) is 3.51. The van der Waals surface area contributed by atoms with Crippen LogP contribution in [0.15, 0.2) is 0 Å². The number of likely N-dealkylation sites (N-methyl/N-ethyl adjacent to an activating group) is 1. The van der Waals surface area contributed by atoms with Crippen molar-refractivity contribution >= 4 is 0 Å². The van der Waals surface area contributed by atoms with Crippen LogP contribution < -0.4 is 5.32 Å². The summed E-state index contributed by atoms with van der Waals surface area (Å²) in [4.78, 5) is 10.5. The van der Waals surface area contributed by atoms with E-state index in [0.29, 0.717) is 12.0 Å². The minimum Gasteiger partial charge on any atom is -0.344 e. The first-order chi connectivity index (χ1) is 7.58. The third kappa shape index (κ3) is 2.28. The zero-order valence-corrected chi connectivity index (χ0v) is 10.7. The highest BCUT2D eigenvalue weighted by molar-refractivity contribution is 5.18. The maximum atomic E-state index is 4.72. The van der Waals surface area contributed by atoms with Gasteiger partial charge in [0, 0.05) is 25.3 Å². The smallest absolute Gasteiger partial charge is 0.125 e. The Labute approximate surface area is 97.4 Å². The summed E-state index contributed by atoms with van der Waals surface area (Å²) in [6.07, 6.45) is 0. The van der Waals surface area contributed by atoms with Crippen LogP contribution in [0, 0.1) is 6.92 Å². The van der Waals surface area contributed by atoms with Gasteiger partial charge in [0.1, 0.15) is 5.82 Å². The van der Waals surface area contributed by atoms with Crippen molar-refractivity contribution in [1.82, 2.24) is 20.2 Å². The van der Waals surface area contributed by atoms with Gasteiger partial charge in [-0.1, -0.05) is 13.8 Å². The predicted octanol–water partition coefficient (Wildman–Crippen LogP) is 1.42. The van der Waals surface area contributed by atoms with Gasteiger partial charge >= 0.3 is 0 Å². The molecular formula is C12H22N4. The van der Waals surface area contributed by atoms with E-state index in [2.05, 4.69) is 43.0 Å². The van der Waals surface area contributed by atoms with Crippen molar-refractivity contribution in [2.45, 2.75) is 32.7 Å². The van der Waals surface area contributed by atoms with Crippen LogP contribution in [0.5, 0.6) is 0 Å². The molecule has 1 fully saturated rings. The topological polar surface area (TPSA) is 44.0 Å². The van der Waals surface area contributed by atoms with E-state index in [1.165, 1.54) is 11.4 Å². The molecule has 1 saturated heterocycles. The van der Waals surface area contributed by atoms with Gasteiger partial charge in [-0.15, -0.1) is 0 Å². The Morgan fingerprint density at radius 3 is 2.75 bits per heavy atom. The second-order valence-corrected chi connectivity index (χ2v) is 5.06. The molecule has 1 aliphatic heterocycles. The highest BCUT2D eigenvalue weighted by Gasteiger charge is 2.22. The molecule has 0 spiro atoms. The van der Waals surface area contributed by atoms with Crippen LogP contribution >= 0.6 is 0 Å². The first-order valence-corrected chi connectivity index (χ1v) is 6.06. The summed E-state index contributed by atoms with van der Waals surface area (Å²) < 4.78 is 0. The molecule has 0 radical (unpaired) electrons. The van der Waals surface area contributed by atoms with E-state index in [0.717, 1.165) is 25.5 Å². The van der Waals surface area contributed by atoms with Crippen molar-refractivity contribution in [3.8, 4) is 0 Å². The third-order valence-electron chi connectivity index (χ3n) is 3.20. The van der Waals surface area contributed by atoms with Crippen LogP contribution in [0.4, 0.5) is 0 Å². The molecule has 1 aliphatic rings. The minimum absolute atomic E-state index is 0.352. The fraction of sp³-hybridized carbons (Fsp3) is 0.750. The first-order valence-electron chi connectivity index (χ1n) is 6.06. The number of imidazole rings is 1. The Hall–Kier alpha value is -0.870. The summed E-state index contributed by atoms with van der Waals surface area (Å²) in [5.74, 6) is 1.58. The monoisotopic (exact) mass is 222 g/mol. The van der Waals surface area contributed by atoms with Crippen LogP contribution in [-0.4, -0.2) is 41.5 Å². The van der Waals surface area contributed by atoms with Gasteiger partial charge in [-0.25, -0.2) is 4.98 Å². The summed E-state index contributed by atoms with van der Waals surface area (Å²) in [6.45, 7) is 9.68. The number of aryl methyl sites for hydroxylation is 1. The van der Waals surface area contributed by atoms with Crippen molar-refractivity contribution in [2.24, 2.45) is 0 Å². The molecule has 4 heteroatoms. The molecule has 16 heavy (non-hydrogen) atoms. The van der Waals surface area contributed by atoms with Crippen LogP contribution in [0.25, 0.3) is 0 Å². The van der Waals surface area contributed by atoms with E-state index in [-0.39, 0.29) is 0 Å². The lowest BCUT2D eigenvalue weighted by Gasteiger charge is -2.29. The van der Waals surface area contributed by atoms with E-state index < -0.39 is 0 Å². The number of nitrogens with zero attached hydrogens (tertiary/aromatic N) is 2. The molecule has 1 unspecified atom stereocenters. The standard InChI is InChI=1S/C12H22N4/c1-8(2)11-9(3)14-12(15-11)10-7-16(4)6-5-13-10/h8,10,13H,5-7H2,1-4H3,(H,14,15). The molecule has 1 atom stereocenters. The van der Waals surface area contributed by atoms with Gasteiger partial charge < -0.3 is 15.2 Å². The molecule has 0 amide bonds. The molecule has 2 heterocycles. The summed E-state index contributed by atoms with van der Waals surface area (Å²) >= 11 is 0. The normalized spacial score (nSPS) is 22.9. The van der Waals surface area contributed by atoms with E-state index in [1.807, 2.05) is 0 Å². The summed E-state index contributed by atoms with van der Waals surface area (Å²) in [5.41, 5.74) is 2.41. The van der Waals surface area contributed by atoms with Crippen molar-refractivity contribution in [1.29, 1.82) is 0 Å². The van der Waals surface area contributed by atoms with Crippen LogP contribution in [0.3, 0.4) is 0 Å². The quantitative estimate of drug-likeness (QED) is 0.795. The van der Waals surface area contributed by atoms with Gasteiger partial charge in [0.2, 0.25) is 0 Å². The molecule has 0 aromatic carbocycles. The van der Waals surface area contributed by atoms with Gasteiger partial charge in [-0.2, -0.15) is 0 Å². The largest absolute Gasteiger partial charge is 0.344 e. The maximum absolute atomic E-state index is 4.72. The maximum Gasteiger partial charge on any atom is 0.125 e.